The van der Waals surface area contributed by atoms with Crippen molar-refractivity contribution in [1.82, 2.24) is 0 Å². The van der Waals surface area contributed by atoms with Crippen LogP contribution in [0, 0.1) is 39.9 Å². The quantitative estimate of drug-likeness (QED) is 0.779. The van der Waals surface area contributed by atoms with Crippen LogP contribution in [0.3, 0.4) is 0 Å². The molecule has 3 heteroatoms. The fourth-order valence-corrected chi connectivity index (χ4v) is 7.84. The maximum absolute atomic E-state index is 13.1. The van der Waals surface area contributed by atoms with Crippen LogP contribution in [0.15, 0.2) is 23.8 Å². The van der Waals surface area contributed by atoms with E-state index < -0.39 is 6.10 Å². The largest absolute Gasteiger partial charge is 0.393 e. The highest BCUT2D eigenvalue weighted by Crippen LogP contribution is 2.71. The third-order valence-corrected chi connectivity index (χ3v) is 9.57. The SMILES string of the molecule is CCC(=O)[C@@]1(C)[C@H](C)C[C@@H]2[C@@H]3CCC4=CC(=O)C=C[C@]4(C)[C@H]3[C@@H](O)C[C@@]21C. The monoisotopic (exact) mass is 370 g/mol. The Labute approximate surface area is 163 Å². The molecule has 0 saturated heterocycles. The van der Waals surface area contributed by atoms with Gasteiger partial charge in [-0.3, -0.25) is 9.59 Å². The molecule has 1 N–H and O–H groups in total. The number of carbonyl (C=O) groups excluding carboxylic acids is 2. The molecule has 0 spiro atoms. The number of carbonyl (C=O) groups is 2. The molecular weight excluding hydrogens is 336 g/mol. The maximum atomic E-state index is 13.1. The highest BCUT2D eigenvalue weighted by atomic mass is 16.3. The smallest absolute Gasteiger partial charge is 0.178 e. The fourth-order valence-electron chi connectivity index (χ4n) is 7.84. The second-order valence-corrected chi connectivity index (χ2v) is 10.3. The van der Waals surface area contributed by atoms with Gasteiger partial charge in [-0.1, -0.05) is 46.3 Å². The number of Topliss-reactive ketones (excluding diaryl/α,β-unsaturated/α-hetero) is 1. The van der Waals surface area contributed by atoms with Crippen molar-refractivity contribution in [3.8, 4) is 0 Å². The Morgan fingerprint density at radius 1 is 1.30 bits per heavy atom. The predicted octanol–water partition coefficient (Wildman–Crippen LogP) is 4.50. The van der Waals surface area contributed by atoms with Crippen molar-refractivity contribution in [2.24, 2.45) is 39.9 Å². The molecule has 0 heterocycles. The number of fused-ring (bicyclic) bond motifs is 5. The fraction of sp³-hybridized carbons (Fsp3) is 0.750. The van der Waals surface area contributed by atoms with Gasteiger partial charge in [0.1, 0.15) is 5.78 Å². The third kappa shape index (κ3) is 2.24. The van der Waals surface area contributed by atoms with Crippen molar-refractivity contribution >= 4 is 11.6 Å². The van der Waals surface area contributed by atoms with Crippen LogP contribution >= 0.6 is 0 Å². The third-order valence-electron chi connectivity index (χ3n) is 9.57. The molecular formula is C24H34O3. The average molecular weight is 371 g/mol. The molecule has 0 unspecified atom stereocenters. The van der Waals surface area contributed by atoms with E-state index in [2.05, 4.69) is 33.8 Å². The Morgan fingerprint density at radius 2 is 2.00 bits per heavy atom. The summed E-state index contributed by atoms with van der Waals surface area (Å²) >= 11 is 0. The number of hydrogen-bond acceptors (Lipinski definition) is 3. The standard InChI is InChI=1S/C24H34O3/c1-6-20(27)24(5)14(2)11-18-17-8-7-15-12-16(25)9-10-22(15,3)21(17)19(26)13-23(18,24)4/h9-10,12,14,17-19,21,26H,6-8,11,13H2,1-5H3/t14-,17+,18-,19+,21-,22+,23+,24-/m1/s1. The Morgan fingerprint density at radius 3 is 2.67 bits per heavy atom. The zero-order valence-electron chi connectivity index (χ0n) is 17.4. The van der Waals surface area contributed by atoms with Crippen molar-refractivity contribution < 1.29 is 14.7 Å². The van der Waals surface area contributed by atoms with Crippen LogP contribution in [0.4, 0.5) is 0 Å². The number of allylic oxidation sites excluding steroid dienone is 4. The average Bonchev–Trinajstić information content (AvgIpc) is 2.82. The van der Waals surface area contributed by atoms with Gasteiger partial charge in [0.05, 0.1) is 6.10 Å². The van der Waals surface area contributed by atoms with Crippen LogP contribution in [0.1, 0.15) is 66.7 Å². The van der Waals surface area contributed by atoms with E-state index in [0.717, 1.165) is 19.3 Å². The van der Waals surface area contributed by atoms with Gasteiger partial charge >= 0.3 is 0 Å². The Kier molecular flexibility index (Phi) is 4.17. The Hall–Kier alpha value is -1.22. The number of ketones is 2. The summed E-state index contributed by atoms with van der Waals surface area (Å²) in [6.07, 6.45) is 9.41. The molecule has 4 rings (SSSR count). The van der Waals surface area contributed by atoms with Crippen molar-refractivity contribution in [3.05, 3.63) is 23.8 Å². The summed E-state index contributed by atoms with van der Waals surface area (Å²) in [5, 5.41) is 11.4. The van der Waals surface area contributed by atoms with Gasteiger partial charge in [-0.25, -0.2) is 0 Å². The Bertz CT molecular complexity index is 749. The minimum Gasteiger partial charge on any atom is -0.393 e. The van der Waals surface area contributed by atoms with Gasteiger partial charge in [0.15, 0.2) is 5.78 Å². The highest BCUT2D eigenvalue weighted by molar-refractivity contribution is 6.01. The molecule has 0 radical (unpaired) electrons. The first-order chi connectivity index (χ1) is 12.6. The Balaban J connectivity index is 1.78. The summed E-state index contributed by atoms with van der Waals surface area (Å²) in [5.41, 5.74) is 0.464. The van der Waals surface area contributed by atoms with Crippen molar-refractivity contribution in [3.63, 3.8) is 0 Å². The van der Waals surface area contributed by atoms with E-state index in [-0.39, 0.29) is 27.9 Å². The zero-order valence-corrected chi connectivity index (χ0v) is 17.4. The van der Waals surface area contributed by atoms with E-state index >= 15 is 0 Å². The molecule has 3 saturated carbocycles. The normalized spacial score (nSPS) is 51.3. The molecule has 0 aromatic carbocycles. The van der Waals surface area contributed by atoms with Gasteiger partial charge in [0, 0.05) is 23.2 Å². The van der Waals surface area contributed by atoms with E-state index in [0.29, 0.717) is 36.4 Å². The predicted molar refractivity (Wildman–Crippen MR) is 106 cm³/mol. The molecule has 0 bridgehead atoms. The highest BCUT2D eigenvalue weighted by Gasteiger charge is 2.68. The van der Waals surface area contributed by atoms with Gasteiger partial charge in [-0.05, 0) is 61.0 Å². The number of aliphatic hydroxyl groups excluding tert-OH is 1. The summed E-state index contributed by atoms with van der Waals surface area (Å²) in [4.78, 5) is 25.0. The van der Waals surface area contributed by atoms with Gasteiger partial charge in [0.2, 0.25) is 0 Å². The summed E-state index contributed by atoms with van der Waals surface area (Å²) < 4.78 is 0. The number of hydrogen-bond donors (Lipinski definition) is 1. The lowest BCUT2D eigenvalue weighted by Gasteiger charge is -2.60. The second-order valence-electron chi connectivity index (χ2n) is 10.3. The maximum Gasteiger partial charge on any atom is 0.178 e. The van der Waals surface area contributed by atoms with Crippen LogP contribution < -0.4 is 0 Å². The van der Waals surface area contributed by atoms with Crippen LogP contribution in [0.5, 0.6) is 0 Å². The zero-order chi connectivity index (χ0) is 19.8. The molecule has 3 fully saturated rings. The molecule has 0 amide bonds. The first kappa shape index (κ1) is 19.1. The van der Waals surface area contributed by atoms with Gasteiger partial charge in [-0.2, -0.15) is 0 Å². The van der Waals surface area contributed by atoms with E-state index in [1.807, 2.05) is 6.92 Å². The van der Waals surface area contributed by atoms with E-state index in [1.54, 1.807) is 12.2 Å². The minimum atomic E-state index is -0.433. The van der Waals surface area contributed by atoms with E-state index in [1.165, 1.54) is 5.57 Å². The molecule has 4 aliphatic rings. The van der Waals surface area contributed by atoms with Crippen LogP contribution in [0.25, 0.3) is 0 Å². The minimum absolute atomic E-state index is 0.0756. The van der Waals surface area contributed by atoms with Crippen molar-refractivity contribution in [2.45, 2.75) is 72.8 Å². The summed E-state index contributed by atoms with van der Waals surface area (Å²) in [6.45, 7) is 10.9. The van der Waals surface area contributed by atoms with E-state index in [4.69, 9.17) is 0 Å². The summed E-state index contributed by atoms with van der Waals surface area (Å²) in [7, 11) is 0. The summed E-state index contributed by atoms with van der Waals surface area (Å²) in [5.74, 6) is 1.80. The van der Waals surface area contributed by atoms with E-state index in [9.17, 15) is 14.7 Å². The lowest BCUT2D eigenvalue weighted by molar-refractivity contribution is -0.155. The summed E-state index contributed by atoms with van der Waals surface area (Å²) in [6, 6.07) is 0. The molecule has 3 nitrogen and oxygen atoms in total. The lowest BCUT2D eigenvalue weighted by Crippen LogP contribution is -2.58. The lowest BCUT2D eigenvalue weighted by atomic mass is 9.44. The van der Waals surface area contributed by atoms with Crippen LogP contribution in [0.2, 0.25) is 0 Å². The molecule has 0 aliphatic heterocycles. The molecule has 0 aromatic heterocycles. The van der Waals surface area contributed by atoms with Gasteiger partial charge < -0.3 is 5.11 Å². The topological polar surface area (TPSA) is 54.4 Å². The van der Waals surface area contributed by atoms with Crippen LogP contribution in [-0.2, 0) is 9.59 Å². The molecule has 4 aliphatic carbocycles. The van der Waals surface area contributed by atoms with Crippen LogP contribution in [-0.4, -0.2) is 22.8 Å². The first-order valence-corrected chi connectivity index (χ1v) is 10.7. The molecule has 27 heavy (non-hydrogen) atoms. The number of aliphatic hydroxyl groups is 1. The van der Waals surface area contributed by atoms with Crippen molar-refractivity contribution in [1.29, 1.82) is 0 Å². The van der Waals surface area contributed by atoms with Gasteiger partial charge in [0.25, 0.3) is 0 Å². The molecule has 148 valence electrons. The molecule has 8 atom stereocenters. The first-order valence-electron chi connectivity index (χ1n) is 10.7. The second kappa shape index (κ2) is 5.89. The van der Waals surface area contributed by atoms with Gasteiger partial charge in [-0.15, -0.1) is 0 Å². The number of rotatable bonds is 2. The molecule has 0 aromatic rings. The van der Waals surface area contributed by atoms with Crippen molar-refractivity contribution in [2.75, 3.05) is 0 Å².